The fourth-order valence-corrected chi connectivity index (χ4v) is 1.80. The van der Waals surface area contributed by atoms with Crippen molar-refractivity contribution in [2.24, 2.45) is 5.73 Å². The molecule has 106 valence electrons. The summed E-state index contributed by atoms with van der Waals surface area (Å²) in [6.45, 7) is 0.292. The minimum atomic E-state index is -0.195. The van der Waals surface area contributed by atoms with Crippen LogP contribution in [0.3, 0.4) is 0 Å². The number of anilines is 1. The number of benzene rings is 2. The summed E-state index contributed by atoms with van der Waals surface area (Å²) in [7, 11) is 1.58. The number of nitrogens with one attached hydrogen (secondary N) is 1. The van der Waals surface area contributed by atoms with Gasteiger partial charge in [-0.1, -0.05) is 24.0 Å². The molecule has 0 fully saturated rings. The maximum atomic E-state index is 12.2. The van der Waals surface area contributed by atoms with Gasteiger partial charge in [0.05, 0.1) is 13.7 Å². The largest absolute Gasteiger partial charge is 0.497 e. The molecule has 0 radical (unpaired) electrons. The summed E-state index contributed by atoms with van der Waals surface area (Å²) in [5.74, 6) is 6.17. The van der Waals surface area contributed by atoms with Gasteiger partial charge in [0.15, 0.2) is 0 Å². The van der Waals surface area contributed by atoms with E-state index in [1.54, 1.807) is 37.4 Å². The van der Waals surface area contributed by atoms with Crippen molar-refractivity contribution in [3.05, 3.63) is 59.7 Å². The Morgan fingerprint density at radius 1 is 1.24 bits per heavy atom. The lowest BCUT2D eigenvalue weighted by atomic mass is 10.1. The third-order valence-corrected chi connectivity index (χ3v) is 2.79. The minimum Gasteiger partial charge on any atom is -0.497 e. The van der Waals surface area contributed by atoms with Crippen LogP contribution < -0.4 is 15.8 Å². The van der Waals surface area contributed by atoms with Gasteiger partial charge in [-0.2, -0.15) is 0 Å². The lowest BCUT2D eigenvalue weighted by molar-refractivity contribution is 0.102. The second-order valence-electron chi connectivity index (χ2n) is 4.27. The van der Waals surface area contributed by atoms with Crippen molar-refractivity contribution >= 4 is 11.6 Å². The molecule has 0 aliphatic carbocycles. The van der Waals surface area contributed by atoms with Crippen LogP contribution in [0.25, 0.3) is 0 Å². The molecule has 0 spiro atoms. The second kappa shape index (κ2) is 7.13. The van der Waals surface area contributed by atoms with Crippen LogP contribution in [0.15, 0.2) is 48.5 Å². The average molecular weight is 280 g/mol. The van der Waals surface area contributed by atoms with Gasteiger partial charge in [-0.3, -0.25) is 4.79 Å². The summed E-state index contributed by atoms with van der Waals surface area (Å²) < 4.78 is 5.12. The van der Waals surface area contributed by atoms with E-state index in [1.165, 1.54) is 0 Å². The Kier molecular flexibility index (Phi) is 4.97. The van der Waals surface area contributed by atoms with Crippen molar-refractivity contribution in [1.82, 2.24) is 0 Å². The van der Waals surface area contributed by atoms with Crippen LogP contribution in [0.1, 0.15) is 15.9 Å². The van der Waals surface area contributed by atoms with E-state index in [0.717, 1.165) is 5.56 Å². The minimum absolute atomic E-state index is 0.195. The highest BCUT2D eigenvalue weighted by molar-refractivity contribution is 6.04. The van der Waals surface area contributed by atoms with Crippen molar-refractivity contribution < 1.29 is 9.53 Å². The van der Waals surface area contributed by atoms with E-state index in [-0.39, 0.29) is 5.91 Å². The third kappa shape index (κ3) is 4.10. The van der Waals surface area contributed by atoms with Gasteiger partial charge in [0.2, 0.25) is 0 Å². The fraction of sp³-hybridized carbons (Fsp3) is 0.118. The van der Waals surface area contributed by atoms with E-state index in [9.17, 15) is 4.79 Å². The van der Waals surface area contributed by atoms with Gasteiger partial charge in [0, 0.05) is 22.9 Å². The Morgan fingerprint density at radius 3 is 2.81 bits per heavy atom. The second-order valence-corrected chi connectivity index (χ2v) is 4.27. The monoisotopic (exact) mass is 280 g/mol. The number of amides is 1. The predicted molar refractivity (Wildman–Crippen MR) is 83.3 cm³/mol. The number of carbonyl (C=O) groups excluding carboxylic acids is 1. The number of hydrogen-bond donors (Lipinski definition) is 2. The molecule has 0 aromatic heterocycles. The highest BCUT2D eigenvalue weighted by atomic mass is 16.5. The molecule has 0 saturated carbocycles. The summed E-state index contributed by atoms with van der Waals surface area (Å²) in [6, 6.07) is 14.3. The van der Waals surface area contributed by atoms with Crippen LogP contribution in [0.5, 0.6) is 5.75 Å². The van der Waals surface area contributed by atoms with Gasteiger partial charge in [0.1, 0.15) is 5.75 Å². The predicted octanol–water partition coefficient (Wildman–Crippen LogP) is 2.26. The summed E-state index contributed by atoms with van der Waals surface area (Å²) in [4.78, 5) is 12.2. The van der Waals surface area contributed by atoms with Gasteiger partial charge >= 0.3 is 0 Å². The molecular weight excluding hydrogens is 264 g/mol. The SMILES string of the molecule is COc1cccc(NC(=O)c2cccc(C#CCN)c2)c1. The number of nitrogens with two attached hydrogens (primary N) is 1. The van der Waals surface area contributed by atoms with Gasteiger partial charge in [-0.05, 0) is 30.3 Å². The molecule has 2 aromatic carbocycles. The Bertz CT molecular complexity index is 699. The van der Waals surface area contributed by atoms with Crippen LogP contribution in [-0.4, -0.2) is 19.6 Å². The molecule has 0 saturated heterocycles. The fourth-order valence-electron chi connectivity index (χ4n) is 1.80. The number of rotatable bonds is 3. The standard InChI is InChI=1S/C17H16N2O2/c1-21-16-9-3-8-15(12-16)19-17(20)14-7-2-5-13(11-14)6-4-10-18/h2-3,5,7-9,11-12H,10,18H2,1H3,(H,19,20). The van der Waals surface area contributed by atoms with E-state index in [0.29, 0.717) is 23.5 Å². The van der Waals surface area contributed by atoms with E-state index in [2.05, 4.69) is 17.2 Å². The van der Waals surface area contributed by atoms with E-state index < -0.39 is 0 Å². The molecule has 2 aromatic rings. The van der Waals surface area contributed by atoms with Crippen LogP contribution in [0, 0.1) is 11.8 Å². The summed E-state index contributed by atoms with van der Waals surface area (Å²) in [5, 5.41) is 2.82. The maximum absolute atomic E-state index is 12.2. The molecule has 4 heteroatoms. The van der Waals surface area contributed by atoms with Gasteiger partial charge in [-0.15, -0.1) is 0 Å². The van der Waals surface area contributed by atoms with Gasteiger partial charge in [0.25, 0.3) is 5.91 Å². The zero-order valence-corrected chi connectivity index (χ0v) is 11.7. The number of ether oxygens (including phenoxy) is 1. The maximum Gasteiger partial charge on any atom is 0.255 e. The first-order valence-corrected chi connectivity index (χ1v) is 6.47. The number of methoxy groups -OCH3 is 1. The number of carbonyl (C=O) groups is 1. The van der Waals surface area contributed by atoms with E-state index in [4.69, 9.17) is 10.5 Å². The molecule has 0 aliphatic rings. The molecule has 1 amide bonds. The zero-order chi connectivity index (χ0) is 15.1. The molecular formula is C17H16N2O2. The van der Waals surface area contributed by atoms with Gasteiger partial charge in [-0.25, -0.2) is 0 Å². The molecule has 0 atom stereocenters. The van der Waals surface area contributed by atoms with Crippen molar-refractivity contribution in [1.29, 1.82) is 0 Å². The Balaban J connectivity index is 2.16. The van der Waals surface area contributed by atoms with Crippen LogP contribution in [-0.2, 0) is 0 Å². The number of hydrogen-bond acceptors (Lipinski definition) is 3. The topological polar surface area (TPSA) is 64.3 Å². The van der Waals surface area contributed by atoms with Crippen LogP contribution in [0.2, 0.25) is 0 Å². The van der Waals surface area contributed by atoms with Crippen molar-refractivity contribution in [2.75, 3.05) is 19.0 Å². The van der Waals surface area contributed by atoms with Crippen molar-refractivity contribution in [2.45, 2.75) is 0 Å². The molecule has 0 heterocycles. The van der Waals surface area contributed by atoms with E-state index >= 15 is 0 Å². The molecule has 0 aliphatic heterocycles. The van der Waals surface area contributed by atoms with E-state index in [1.807, 2.05) is 18.2 Å². The summed E-state index contributed by atoms with van der Waals surface area (Å²) >= 11 is 0. The Labute approximate surface area is 123 Å². The molecule has 2 rings (SSSR count). The zero-order valence-electron chi connectivity index (χ0n) is 11.7. The van der Waals surface area contributed by atoms with Crippen molar-refractivity contribution in [3.63, 3.8) is 0 Å². The van der Waals surface area contributed by atoms with Crippen molar-refractivity contribution in [3.8, 4) is 17.6 Å². The smallest absolute Gasteiger partial charge is 0.255 e. The van der Waals surface area contributed by atoms with Gasteiger partial charge < -0.3 is 15.8 Å². The molecule has 3 N–H and O–H groups in total. The first kappa shape index (κ1) is 14.6. The summed E-state index contributed by atoms with van der Waals surface area (Å²) in [5.41, 5.74) is 7.32. The Hall–Kier alpha value is -2.77. The quantitative estimate of drug-likeness (QED) is 0.848. The Morgan fingerprint density at radius 2 is 2.05 bits per heavy atom. The van der Waals surface area contributed by atoms with Crippen LogP contribution in [0.4, 0.5) is 5.69 Å². The lowest BCUT2D eigenvalue weighted by Gasteiger charge is -2.07. The highest BCUT2D eigenvalue weighted by Gasteiger charge is 2.06. The molecule has 0 bridgehead atoms. The summed E-state index contributed by atoms with van der Waals surface area (Å²) in [6.07, 6.45) is 0. The van der Waals surface area contributed by atoms with Crippen LogP contribution >= 0.6 is 0 Å². The molecule has 0 unspecified atom stereocenters. The third-order valence-electron chi connectivity index (χ3n) is 2.79. The lowest BCUT2D eigenvalue weighted by Crippen LogP contribution is -2.12. The normalized spacial score (nSPS) is 9.43. The average Bonchev–Trinajstić information content (AvgIpc) is 2.53. The highest BCUT2D eigenvalue weighted by Crippen LogP contribution is 2.17. The molecule has 4 nitrogen and oxygen atoms in total. The molecule has 21 heavy (non-hydrogen) atoms. The first-order valence-electron chi connectivity index (χ1n) is 6.47. The first-order chi connectivity index (χ1) is 10.2.